The Morgan fingerprint density at radius 1 is 1.64 bits per heavy atom. The van der Waals surface area contributed by atoms with Crippen LogP contribution in [0.1, 0.15) is 31.1 Å². The highest BCUT2D eigenvalue weighted by Gasteiger charge is 1.97. The van der Waals surface area contributed by atoms with E-state index >= 15 is 0 Å². The van der Waals surface area contributed by atoms with Crippen LogP contribution >= 0.6 is 0 Å². The van der Waals surface area contributed by atoms with E-state index < -0.39 is 0 Å². The van der Waals surface area contributed by atoms with Gasteiger partial charge in [-0.15, -0.1) is 0 Å². The summed E-state index contributed by atoms with van der Waals surface area (Å²) in [6.45, 7) is 3.33. The molecule has 0 aliphatic heterocycles. The number of hydrogen-bond donors (Lipinski definition) is 0. The molecule has 0 N–H and O–H groups in total. The highest BCUT2D eigenvalue weighted by molar-refractivity contribution is 5.94. The second-order valence-electron chi connectivity index (χ2n) is 2.47. The molecule has 0 aromatic heterocycles. The summed E-state index contributed by atoms with van der Waals surface area (Å²) in [5, 5.41) is 0. The number of rotatable bonds is 2. The lowest BCUT2D eigenvalue weighted by Crippen LogP contribution is -1.92. The number of benzene rings is 1. The van der Waals surface area contributed by atoms with Gasteiger partial charge in [-0.05, 0) is 25.0 Å². The maximum atomic E-state index is 11.0. The number of Topliss-reactive ketones (excluding diaryl/α,β-unsaturated/α-hetero) is 1. The van der Waals surface area contributed by atoms with Crippen molar-refractivity contribution in [3.8, 4) is 0 Å². The van der Waals surface area contributed by atoms with E-state index in [9.17, 15) is 4.79 Å². The molecule has 0 aliphatic rings. The quantitative estimate of drug-likeness (QED) is 0.590. The summed E-state index contributed by atoms with van der Waals surface area (Å²) in [5.74, 6) is 0.0532. The van der Waals surface area contributed by atoms with Gasteiger partial charge in [0.1, 0.15) is 0 Å². The van der Waals surface area contributed by atoms with E-state index in [2.05, 4.69) is 0 Å². The van der Waals surface area contributed by atoms with Gasteiger partial charge in [0.25, 0.3) is 0 Å². The van der Waals surface area contributed by atoms with Crippen molar-refractivity contribution in [2.75, 3.05) is 0 Å². The second-order valence-corrected chi connectivity index (χ2v) is 2.47. The van der Waals surface area contributed by atoms with Gasteiger partial charge >= 0.3 is 0 Å². The van der Waals surface area contributed by atoms with E-state index in [1.54, 1.807) is 19.1 Å². The molecule has 0 amide bonds. The Labute approximate surface area is 68.5 Å². The Kier molecular flexibility index (Phi) is 2.00. The van der Waals surface area contributed by atoms with E-state index in [0.717, 1.165) is 5.56 Å². The molecule has 1 unspecified atom stereocenters. The van der Waals surface area contributed by atoms with Crippen LogP contribution in [0.3, 0.4) is 0 Å². The Bertz CT molecular complexity index is 292. The van der Waals surface area contributed by atoms with Crippen molar-refractivity contribution in [2.24, 2.45) is 0 Å². The standard InChI is InChI=1S/C10H12O/c1-3-9-5-4-6-10(7-9)8(2)11/h4-7H,3H2,1-2H3/i3D. The van der Waals surface area contributed by atoms with E-state index in [0.29, 0.717) is 5.56 Å². The molecular formula is C10H12O. The topological polar surface area (TPSA) is 17.1 Å². The molecule has 0 saturated carbocycles. The van der Waals surface area contributed by atoms with Crippen LogP contribution in [0.15, 0.2) is 24.3 Å². The maximum absolute atomic E-state index is 11.0. The van der Waals surface area contributed by atoms with Crippen molar-refractivity contribution < 1.29 is 6.17 Å². The first-order valence-corrected chi connectivity index (χ1v) is 3.64. The van der Waals surface area contributed by atoms with Crippen LogP contribution in [0.2, 0.25) is 0 Å². The first kappa shape index (κ1) is 6.59. The zero-order valence-corrected chi connectivity index (χ0v) is 6.79. The maximum Gasteiger partial charge on any atom is 0.159 e. The predicted molar refractivity (Wildman–Crippen MR) is 45.8 cm³/mol. The SMILES string of the molecule is [2H]C(C)c1cccc(C(C)=O)c1. The largest absolute Gasteiger partial charge is 0.295 e. The van der Waals surface area contributed by atoms with E-state index in [1.807, 2.05) is 12.1 Å². The Balaban J connectivity index is 3.04. The van der Waals surface area contributed by atoms with Gasteiger partial charge in [0.2, 0.25) is 0 Å². The average molecular weight is 149 g/mol. The number of ketones is 1. The number of hydrogen-bond acceptors (Lipinski definition) is 1. The van der Waals surface area contributed by atoms with Crippen LogP contribution < -0.4 is 0 Å². The zero-order chi connectivity index (χ0) is 9.14. The third-order valence-electron chi connectivity index (χ3n) is 1.63. The number of carbonyl (C=O) groups excluding carboxylic acids is 1. The molecule has 0 fully saturated rings. The molecule has 1 aromatic carbocycles. The lowest BCUT2D eigenvalue weighted by molar-refractivity contribution is 0.101. The predicted octanol–water partition coefficient (Wildman–Crippen LogP) is 2.45. The van der Waals surface area contributed by atoms with Crippen molar-refractivity contribution >= 4 is 5.78 Å². The van der Waals surface area contributed by atoms with Gasteiger partial charge in [-0.1, -0.05) is 25.1 Å². The van der Waals surface area contributed by atoms with Crippen LogP contribution in [0.5, 0.6) is 0 Å². The molecule has 58 valence electrons. The van der Waals surface area contributed by atoms with Crippen molar-refractivity contribution in [3.63, 3.8) is 0 Å². The Morgan fingerprint density at radius 2 is 2.36 bits per heavy atom. The molecule has 0 spiro atoms. The molecule has 0 bridgehead atoms. The molecular weight excluding hydrogens is 136 g/mol. The molecule has 11 heavy (non-hydrogen) atoms. The van der Waals surface area contributed by atoms with Gasteiger partial charge in [0.15, 0.2) is 5.78 Å². The summed E-state index contributed by atoms with van der Waals surface area (Å²) in [6, 6.07) is 7.23. The van der Waals surface area contributed by atoms with Crippen LogP contribution in [-0.2, 0) is 6.40 Å². The molecule has 1 atom stereocenters. The summed E-state index contributed by atoms with van der Waals surface area (Å²) in [4.78, 5) is 11.0. The minimum atomic E-state index is -0.260. The monoisotopic (exact) mass is 149 g/mol. The van der Waals surface area contributed by atoms with Crippen LogP contribution in [0.4, 0.5) is 0 Å². The molecule has 0 radical (unpaired) electrons. The van der Waals surface area contributed by atoms with Crippen molar-refractivity contribution in [1.82, 2.24) is 0 Å². The highest BCUT2D eigenvalue weighted by atomic mass is 16.1. The fourth-order valence-corrected chi connectivity index (χ4v) is 0.937. The van der Waals surface area contributed by atoms with E-state index in [-0.39, 0.29) is 12.2 Å². The summed E-state index contributed by atoms with van der Waals surface area (Å²) < 4.78 is 7.45. The normalized spacial score (nSPS) is 13.8. The first-order valence-electron chi connectivity index (χ1n) is 4.22. The van der Waals surface area contributed by atoms with Gasteiger partial charge in [-0.25, -0.2) is 0 Å². The fourth-order valence-electron chi connectivity index (χ4n) is 0.937. The lowest BCUT2D eigenvalue weighted by atomic mass is 10.1. The summed E-state index contributed by atoms with van der Waals surface area (Å²) in [7, 11) is 0. The lowest BCUT2D eigenvalue weighted by Gasteiger charge is -1.98. The van der Waals surface area contributed by atoms with E-state index in [1.165, 1.54) is 6.92 Å². The number of carbonyl (C=O) groups is 1. The Hall–Kier alpha value is -1.11. The van der Waals surface area contributed by atoms with Gasteiger partial charge < -0.3 is 0 Å². The fraction of sp³-hybridized carbons (Fsp3) is 0.300. The molecule has 1 aromatic rings. The van der Waals surface area contributed by atoms with Gasteiger partial charge in [-0.2, -0.15) is 0 Å². The van der Waals surface area contributed by atoms with Crippen molar-refractivity contribution in [2.45, 2.75) is 20.2 Å². The minimum Gasteiger partial charge on any atom is -0.295 e. The first-order chi connectivity index (χ1) is 5.61. The molecule has 1 heteroatoms. The molecule has 0 aliphatic carbocycles. The highest BCUT2D eigenvalue weighted by Crippen LogP contribution is 2.05. The smallest absolute Gasteiger partial charge is 0.159 e. The van der Waals surface area contributed by atoms with E-state index in [4.69, 9.17) is 1.37 Å². The third-order valence-corrected chi connectivity index (χ3v) is 1.63. The van der Waals surface area contributed by atoms with Crippen LogP contribution in [0, 0.1) is 0 Å². The van der Waals surface area contributed by atoms with Gasteiger partial charge in [-0.3, -0.25) is 4.79 Å². The summed E-state index contributed by atoms with van der Waals surface area (Å²) >= 11 is 0. The van der Waals surface area contributed by atoms with Crippen molar-refractivity contribution in [3.05, 3.63) is 35.4 Å². The van der Waals surface area contributed by atoms with Crippen molar-refractivity contribution in [1.29, 1.82) is 0 Å². The van der Waals surface area contributed by atoms with Gasteiger partial charge in [0.05, 0.1) is 0 Å². The zero-order valence-electron chi connectivity index (χ0n) is 7.79. The summed E-state index contributed by atoms with van der Waals surface area (Å²) in [6.07, 6.45) is -0.260. The van der Waals surface area contributed by atoms with Crippen LogP contribution in [-0.4, -0.2) is 5.78 Å². The van der Waals surface area contributed by atoms with Gasteiger partial charge in [0, 0.05) is 6.93 Å². The minimum absolute atomic E-state index is 0.0532. The molecule has 1 rings (SSSR count). The second kappa shape index (κ2) is 3.33. The summed E-state index contributed by atoms with van der Waals surface area (Å²) in [5.41, 5.74) is 1.58. The third kappa shape index (κ3) is 1.90. The Morgan fingerprint density at radius 3 is 2.91 bits per heavy atom. The molecule has 0 heterocycles. The number of aryl methyl sites for hydroxylation is 1. The average Bonchev–Trinajstić information content (AvgIpc) is 2.04. The molecule has 0 saturated heterocycles. The molecule has 1 nitrogen and oxygen atoms in total. The van der Waals surface area contributed by atoms with Crippen LogP contribution in [0.25, 0.3) is 0 Å².